The third-order valence-corrected chi connectivity index (χ3v) is 8.70. The summed E-state index contributed by atoms with van der Waals surface area (Å²) >= 11 is 12.2. The lowest BCUT2D eigenvalue weighted by Crippen LogP contribution is -2.53. The van der Waals surface area contributed by atoms with Crippen LogP contribution in [-0.4, -0.2) is 43.8 Å². The number of carbonyl (C=O) groups excluding carboxylic acids is 2. The van der Waals surface area contributed by atoms with E-state index in [0.717, 1.165) is 4.31 Å². The Labute approximate surface area is 244 Å². The fourth-order valence-corrected chi connectivity index (χ4v) is 5.76. The van der Waals surface area contributed by atoms with Crippen LogP contribution in [0.25, 0.3) is 0 Å². The molecule has 0 aliphatic heterocycles. The van der Waals surface area contributed by atoms with Crippen LogP contribution in [0.15, 0.2) is 77.7 Å². The highest BCUT2D eigenvalue weighted by atomic mass is 35.5. The van der Waals surface area contributed by atoms with Crippen LogP contribution >= 0.6 is 23.2 Å². The van der Waals surface area contributed by atoms with Crippen molar-refractivity contribution in [1.29, 1.82) is 0 Å². The molecule has 0 radical (unpaired) electrons. The minimum absolute atomic E-state index is 0.0318. The predicted molar refractivity (Wildman–Crippen MR) is 156 cm³/mol. The molecule has 0 saturated heterocycles. The summed E-state index contributed by atoms with van der Waals surface area (Å²) in [7, 11) is -4.25. The Kier molecular flexibility index (Phi) is 11.0. The fourth-order valence-electron chi connectivity index (χ4n) is 4.04. The van der Waals surface area contributed by atoms with Gasteiger partial charge in [0.25, 0.3) is 10.0 Å². The van der Waals surface area contributed by atoms with Crippen LogP contribution in [0.2, 0.25) is 10.0 Å². The first-order valence-corrected chi connectivity index (χ1v) is 15.0. The zero-order valence-electron chi connectivity index (χ0n) is 22.5. The summed E-state index contributed by atoms with van der Waals surface area (Å²) in [6.45, 7) is 4.91. The molecule has 11 heteroatoms. The van der Waals surface area contributed by atoms with E-state index in [4.69, 9.17) is 23.2 Å². The molecule has 2 atom stereocenters. The Morgan fingerprint density at radius 3 is 2.15 bits per heavy atom. The number of halogens is 3. The van der Waals surface area contributed by atoms with Gasteiger partial charge >= 0.3 is 0 Å². The third kappa shape index (κ3) is 7.96. The second-order valence-electron chi connectivity index (χ2n) is 9.34. The Hall–Kier alpha value is -3.14. The molecular weight excluding hydrogens is 576 g/mol. The van der Waals surface area contributed by atoms with Crippen molar-refractivity contribution in [2.75, 3.05) is 10.8 Å². The van der Waals surface area contributed by atoms with Gasteiger partial charge in [0.05, 0.1) is 10.6 Å². The maximum absolute atomic E-state index is 14.0. The molecule has 3 aromatic carbocycles. The molecule has 0 spiro atoms. The Bertz CT molecular complexity index is 1420. The fraction of sp³-hybridized carbons (Fsp3) is 0.310. The first-order valence-electron chi connectivity index (χ1n) is 12.8. The van der Waals surface area contributed by atoms with E-state index in [9.17, 15) is 22.4 Å². The zero-order chi connectivity index (χ0) is 29.4. The highest BCUT2D eigenvalue weighted by Crippen LogP contribution is 2.27. The first kappa shape index (κ1) is 31.4. The molecule has 3 rings (SSSR count). The first-order chi connectivity index (χ1) is 19.0. The molecule has 40 heavy (non-hydrogen) atoms. The van der Waals surface area contributed by atoms with Crippen LogP contribution in [0.4, 0.5) is 10.1 Å². The molecule has 0 aliphatic carbocycles. The number of hydrogen-bond acceptors (Lipinski definition) is 4. The van der Waals surface area contributed by atoms with Crippen molar-refractivity contribution >= 4 is 50.7 Å². The van der Waals surface area contributed by atoms with Crippen molar-refractivity contribution in [2.24, 2.45) is 0 Å². The number of rotatable bonds is 12. The molecule has 0 bridgehead atoms. The van der Waals surface area contributed by atoms with Gasteiger partial charge < -0.3 is 10.2 Å². The van der Waals surface area contributed by atoms with Crippen molar-refractivity contribution in [3.8, 4) is 0 Å². The van der Waals surface area contributed by atoms with Crippen LogP contribution in [0.3, 0.4) is 0 Å². The maximum atomic E-state index is 14.0. The molecule has 7 nitrogen and oxygen atoms in total. The number of hydrogen-bond donors (Lipinski definition) is 1. The number of anilines is 1. The number of sulfonamides is 1. The lowest BCUT2D eigenvalue weighted by Gasteiger charge is -2.33. The van der Waals surface area contributed by atoms with Gasteiger partial charge in [0.1, 0.15) is 18.4 Å². The van der Waals surface area contributed by atoms with E-state index in [0.29, 0.717) is 17.0 Å². The third-order valence-electron chi connectivity index (χ3n) is 6.43. The molecule has 0 saturated carbocycles. The highest BCUT2D eigenvalue weighted by Gasteiger charge is 2.34. The van der Waals surface area contributed by atoms with Gasteiger partial charge in [-0.2, -0.15) is 0 Å². The predicted octanol–water partition coefficient (Wildman–Crippen LogP) is 6.05. The summed E-state index contributed by atoms with van der Waals surface area (Å²) in [5, 5.41) is 3.55. The van der Waals surface area contributed by atoms with Gasteiger partial charge in [0, 0.05) is 22.6 Å². The van der Waals surface area contributed by atoms with Crippen LogP contribution in [0.1, 0.15) is 39.2 Å². The standard InChI is InChI=1S/C29H32Cl2FN3O4S/c1-4-20(3)33-29(37)27(5-2)34(18-21-9-13-24(32)14-10-21)28(36)19-35(25-8-6-7-23(31)17-25)40(38,39)26-15-11-22(30)12-16-26/h6-17,20,27H,4-5,18-19H2,1-3H3,(H,33,37)/t20-,27+/m0/s1. The molecule has 214 valence electrons. The van der Waals surface area contributed by atoms with Gasteiger partial charge in [-0.3, -0.25) is 13.9 Å². The average molecular weight is 609 g/mol. The van der Waals surface area contributed by atoms with Gasteiger partial charge in [-0.15, -0.1) is 0 Å². The molecule has 0 aliphatic rings. The minimum Gasteiger partial charge on any atom is -0.352 e. The van der Waals surface area contributed by atoms with E-state index in [2.05, 4.69) is 5.32 Å². The van der Waals surface area contributed by atoms with Crippen LogP contribution in [-0.2, 0) is 26.2 Å². The van der Waals surface area contributed by atoms with Crippen LogP contribution < -0.4 is 9.62 Å². The van der Waals surface area contributed by atoms with Gasteiger partial charge in [-0.25, -0.2) is 12.8 Å². The van der Waals surface area contributed by atoms with Crippen LogP contribution in [0, 0.1) is 5.82 Å². The van der Waals surface area contributed by atoms with Crippen molar-refractivity contribution in [2.45, 2.75) is 57.1 Å². The second kappa shape index (κ2) is 14.0. The summed E-state index contributed by atoms with van der Waals surface area (Å²) in [4.78, 5) is 28.5. The summed E-state index contributed by atoms with van der Waals surface area (Å²) in [6.07, 6.45) is 0.965. The molecule has 0 unspecified atom stereocenters. The largest absolute Gasteiger partial charge is 0.352 e. The number of nitrogens with zero attached hydrogens (tertiary/aromatic N) is 2. The lowest BCUT2D eigenvalue weighted by molar-refractivity contribution is -0.140. The molecule has 0 fully saturated rings. The van der Waals surface area contributed by atoms with Gasteiger partial charge in [0.2, 0.25) is 11.8 Å². The molecule has 2 amide bonds. The Morgan fingerprint density at radius 2 is 1.57 bits per heavy atom. The minimum atomic E-state index is -4.25. The average Bonchev–Trinajstić information content (AvgIpc) is 2.92. The number of nitrogens with one attached hydrogen (secondary N) is 1. The van der Waals surface area contributed by atoms with E-state index < -0.39 is 34.3 Å². The molecule has 0 aromatic heterocycles. The highest BCUT2D eigenvalue weighted by molar-refractivity contribution is 7.92. The Morgan fingerprint density at radius 1 is 0.925 bits per heavy atom. The van der Waals surface area contributed by atoms with E-state index in [1.165, 1.54) is 65.6 Å². The van der Waals surface area contributed by atoms with Crippen molar-refractivity contribution in [1.82, 2.24) is 10.2 Å². The number of benzene rings is 3. The zero-order valence-corrected chi connectivity index (χ0v) is 24.8. The SMILES string of the molecule is CC[C@H](C(=O)N[C@@H](C)CC)N(Cc1ccc(F)cc1)C(=O)CN(c1cccc(Cl)c1)S(=O)(=O)c1ccc(Cl)cc1. The van der Waals surface area contributed by atoms with Gasteiger partial charge in [0.15, 0.2) is 0 Å². The molecular formula is C29H32Cl2FN3O4S. The van der Waals surface area contributed by atoms with Crippen molar-refractivity contribution in [3.63, 3.8) is 0 Å². The van der Waals surface area contributed by atoms with Crippen LogP contribution in [0.5, 0.6) is 0 Å². The van der Waals surface area contributed by atoms with E-state index in [1.54, 1.807) is 19.1 Å². The van der Waals surface area contributed by atoms with Crippen molar-refractivity contribution in [3.05, 3.63) is 94.2 Å². The quantitative estimate of drug-likeness (QED) is 0.271. The molecule has 1 N–H and O–H groups in total. The summed E-state index contributed by atoms with van der Waals surface area (Å²) in [6, 6.07) is 16.3. The summed E-state index contributed by atoms with van der Waals surface area (Å²) < 4.78 is 42.2. The number of amides is 2. The monoisotopic (exact) mass is 607 g/mol. The topological polar surface area (TPSA) is 86.8 Å². The number of carbonyl (C=O) groups is 2. The Balaban J connectivity index is 2.05. The maximum Gasteiger partial charge on any atom is 0.264 e. The van der Waals surface area contributed by atoms with Gasteiger partial charge in [-0.05, 0) is 79.9 Å². The van der Waals surface area contributed by atoms with E-state index in [1.807, 2.05) is 13.8 Å². The smallest absolute Gasteiger partial charge is 0.264 e. The van der Waals surface area contributed by atoms with Crippen molar-refractivity contribution < 1.29 is 22.4 Å². The summed E-state index contributed by atoms with van der Waals surface area (Å²) in [5.41, 5.74) is 0.758. The summed E-state index contributed by atoms with van der Waals surface area (Å²) in [5.74, 6) is -1.42. The molecule has 3 aromatic rings. The van der Waals surface area contributed by atoms with E-state index in [-0.39, 0.29) is 40.5 Å². The van der Waals surface area contributed by atoms with E-state index >= 15 is 0 Å². The lowest BCUT2D eigenvalue weighted by atomic mass is 10.1. The normalized spacial score (nSPS) is 12.8. The second-order valence-corrected chi connectivity index (χ2v) is 12.1. The molecule has 0 heterocycles. The van der Waals surface area contributed by atoms with Gasteiger partial charge in [-0.1, -0.05) is 55.2 Å².